The molecule has 0 saturated carbocycles. The zero-order chi connectivity index (χ0) is 15.1. The molecule has 0 aliphatic heterocycles. The van der Waals surface area contributed by atoms with E-state index in [1.165, 1.54) is 12.1 Å². The molecule has 2 aromatic heterocycles. The summed E-state index contributed by atoms with van der Waals surface area (Å²) in [6.07, 6.45) is 0. The molecule has 0 N–H and O–H groups in total. The molecule has 0 fully saturated rings. The number of rotatable bonds is 1. The van der Waals surface area contributed by atoms with Crippen LogP contribution in [-0.4, -0.2) is 14.5 Å². The Morgan fingerprint density at radius 3 is 2.33 bits per heavy atom. The minimum atomic E-state index is -0.821. The Morgan fingerprint density at radius 2 is 1.67 bits per heavy atom. The van der Waals surface area contributed by atoms with Gasteiger partial charge in [0.1, 0.15) is 23.1 Å². The Kier molecular flexibility index (Phi) is 3.01. The van der Waals surface area contributed by atoms with Gasteiger partial charge in [-0.15, -0.1) is 0 Å². The Morgan fingerprint density at radius 1 is 1.00 bits per heavy atom. The lowest BCUT2D eigenvalue weighted by Gasteiger charge is -2.12. The van der Waals surface area contributed by atoms with Crippen LogP contribution in [0.1, 0.15) is 11.5 Å². The molecule has 3 rings (SSSR count). The lowest BCUT2D eigenvalue weighted by molar-refractivity contribution is 0.568. The van der Waals surface area contributed by atoms with Gasteiger partial charge in [0.05, 0.1) is 5.69 Å². The Hall–Kier alpha value is -2.63. The molecule has 0 unspecified atom stereocenters. The predicted octanol–water partition coefficient (Wildman–Crippen LogP) is 2.68. The number of pyridine rings is 1. The van der Waals surface area contributed by atoms with Crippen molar-refractivity contribution in [1.29, 1.82) is 0 Å². The van der Waals surface area contributed by atoms with Gasteiger partial charge < -0.3 is 0 Å². The van der Waals surface area contributed by atoms with Crippen LogP contribution in [0.25, 0.3) is 16.7 Å². The first-order valence-corrected chi connectivity index (χ1v) is 6.30. The molecule has 106 valence electrons. The van der Waals surface area contributed by atoms with E-state index in [1.807, 2.05) is 0 Å². The second-order valence-corrected chi connectivity index (χ2v) is 4.67. The molecule has 3 aromatic rings. The topological polar surface area (TPSA) is 47.8 Å². The molecular formula is C15H11F2N3O. The highest BCUT2D eigenvalue weighted by Gasteiger charge is 2.16. The molecule has 0 radical (unpaired) electrons. The van der Waals surface area contributed by atoms with E-state index in [0.717, 1.165) is 16.7 Å². The molecule has 0 atom stereocenters. The van der Waals surface area contributed by atoms with Gasteiger partial charge in [0.2, 0.25) is 0 Å². The van der Waals surface area contributed by atoms with Crippen LogP contribution in [-0.2, 0) is 0 Å². The third-order valence-electron chi connectivity index (χ3n) is 3.21. The average molecular weight is 287 g/mol. The molecule has 0 saturated heterocycles. The van der Waals surface area contributed by atoms with Crippen molar-refractivity contribution in [1.82, 2.24) is 14.5 Å². The van der Waals surface area contributed by atoms with Crippen molar-refractivity contribution in [2.24, 2.45) is 0 Å². The molecule has 0 aliphatic carbocycles. The fourth-order valence-electron chi connectivity index (χ4n) is 2.32. The van der Waals surface area contributed by atoms with E-state index in [0.29, 0.717) is 16.9 Å². The summed E-state index contributed by atoms with van der Waals surface area (Å²) in [7, 11) is 0. The zero-order valence-corrected chi connectivity index (χ0v) is 11.4. The first-order valence-electron chi connectivity index (χ1n) is 6.30. The van der Waals surface area contributed by atoms with E-state index in [-0.39, 0.29) is 5.65 Å². The average Bonchev–Trinajstić information content (AvgIpc) is 2.40. The van der Waals surface area contributed by atoms with E-state index in [2.05, 4.69) is 9.97 Å². The molecule has 0 aliphatic rings. The Labute approximate surface area is 118 Å². The summed E-state index contributed by atoms with van der Waals surface area (Å²) in [5.41, 5.74) is -0.144. The van der Waals surface area contributed by atoms with Crippen LogP contribution in [0, 0.1) is 25.5 Å². The predicted molar refractivity (Wildman–Crippen MR) is 74.5 cm³/mol. The van der Waals surface area contributed by atoms with Crippen molar-refractivity contribution in [3.05, 3.63) is 63.8 Å². The van der Waals surface area contributed by atoms with Gasteiger partial charge in [-0.2, -0.15) is 0 Å². The molecule has 21 heavy (non-hydrogen) atoms. The molecule has 0 bridgehead atoms. The quantitative estimate of drug-likeness (QED) is 0.691. The van der Waals surface area contributed by atoms with Gasteiger partial charge in [-0.05, 0) is 32.0 Å². The number of nitrogens with zero attached hydrogens (tertiary/aromatic N) is 3. The molecule has 0 spiro atoms. The molecule has 6 heteroatoms. The number of aryl methyl sites for hydroxylation is 2. The number of hydrogen-bond acceptors (Lipinski definition) is 3. The fraction of sp³-hybridized carbons (Fsp3) is 0.133. The van der Waals surface area contributed by atoms with Crippen molar-refractivity contribution in [3.8, 4) is 5.69 Å². The lowest BCUT2D eigenvalue weighted by Crippen LogP contribution is -2.21. The van der Waals surface area contributed by atoms with Crippen LogP contribution in [0.4, 0.5) is 8.78 Å². The van der Waals surface area contributed by atoms with Gasteiger partial charge in [-0.1, -0.05) is 6.07 Å². The van der Waals surface area contributed by atoms with E-state index in [9.17, 15) is 13.6 Å². The monoisotopic (exact) mass is 287 g/mol. The standard InChI is InChI=1S/C15H11F2N3O/c1-8-10-6-7-13(21)20(15(10)19-9(2)18-8)14-11(16)4-3-5-12(14)17/h3-7H,1-2H3. The Bertz CT molecular complexity index is 898. The molecule has 4 nitrogen and oxygen atoms in total. The first kappa shape index (κ1) is 13.4. The van der Waals surface area contributed by atoms with Gasteiger partial charge in [-0.25, -0.2) is 18.7 Å². The number of fused-ring (bicyclic) bond motifs is 1. The van der Waals surface area contributed by atoms with Crippen LogP contribution < -0.4 is 5.56 Å². The minimum Gasteiger partial charge on any atom is -0.269 e. The van der Waals surface area contributed by atoms with Crippen molar-refractivity contribution in [2.45, 2.75) is 13.8 Å². The van der Waals surface area contributed by atoms with Crippen LogP contribution in [0.15, 0.2) is 35.1 Å². The normalized spacial score (nSPS) is 11.0. The highest BCUT2D eigenvalue weighted by molar-refractivity contribution is 5.79. The highest BCUT2D eigenvalue weighted by atomic mass is 19.1. The smallest absolute Gasteiger partial charge is 0.256 e. The number of para-hydroxylation sites is 1. The number of hydrogen-bond donors (Lipinski definition) is 0. The zero-order valence-electron chi connectivity index (χ0n) is 11.4. The number of halogens is 2. The fourth-order valence-corrected chi connectivity index (χ4v) is 2.32. The summed E-state index contributed by atoms with van der Waals surface area (Å²) in [4.78, 5) is 20.5. The van der Waals surface area contributed by atoms with Crippen LogP contribution in [0.3, 0.4) is 0 Å². The number of benzene rings is 1. The minimum absolute atomic E-state index is 0.191. The lowest BCUT2D eigenvalue weighted by atomic mass is 10.2. The van der Waals surface area contributed by atoms with Gasteiger partial charge >= 0.3 is 0 Å². The van der Waals surface area contributed by atoms with Crippen molar-refractivity contribution < 1.29 is 8.78 Å². The molecule has 0 amide bonds. The largest absolute Gasteiger partial charge is 0.269 e. The summed E-state index contributed by atoms with van der Waals surface area (Å²) < 4.78 is 29.0. The maximum Gasteiger partial charge on any atom is 0.256 e. The van der Waals surface area contributed by atoms with E-state index >= 15 is 0 Å². The van der Waals surface area contributed by atoms with Crippen molar-refractivity contribution >= 4 is 11.0 Å². The second-order valence-electron chi connectivity index (χ2n) is 4.67. The van der Waals surface area contributed by atoms with E-state index in [1.54, 1.807) is 19.9 Å². The van der Waals surface area contributed by atoms with Crippen molar-refractivity contribution in [3.63, 3.8) is 0 Å². The highest BCUT2D eigenvalue weighted by Crippen LogP contribution is 2.21. The van der Waals surface area contributed by atoms with Crippen LogP contribution >= 0.6 is 0 Å². The second kappa shape index (κ2) is 4.73. The van der Waals surface area contributed by atoms with Crippen molar-refractivity contribution in [2.75, 3.05) is 0 Å². The molecular weight excluding hydrogens is 276 g/mol. The summed E-state index contributed by atoms with van der Waals surface area (Å²) in [6, 6.07) is 6.26. The SMILES string of the molecule is Cc1nc(C)c2ccc(=O)n(-c3c(F)cccc3F)c2n1. The summed E-state index contributed by atoms with van der Waals surface area (Å²) >= 11 is 0. The third kappa shape index (κ3) is 2.08. The summed E-state index contributed by atoms with van der Waals surface area (Å²) in [5, 5.41) is 0.572. The van der Waals surface area contributed by atoms with Gasteiger partial charge in [0.25, 0.3) is 5.56 Å². The molecule has 1 aromatic carbocycles. The summed E-state index contributed by atoms with van der Waals surface area (Å²) in [5.74, 6) is -1.21. The maximum atomic E-state index is 14.0. The molecule has 2 heterocycles. The van der Waals surface area contributed by atoms with Gasteiger partial charge in [-0.3, -0.25) is 9.36 Å². The third-order valence-corrected chi connectivity index (χ3v) is 3.21. The van der Waals surface area contributed by atoms with Crippen LogP contribution in [0.5, 0.6) is 0 Å². The number of aromatic nitrogens is 3. The van der Waals surface area contributed by atoms with Crippen LogP contribution in [0.2, 0.25) is 0 Å². The van der Waals surface area contributed by atoms with Gasteiger partial charge in [0, 0.05) is 11.5 Å². The maximum absolute atomic E-state index is 14.0. The first-order chi connectivity index (χ1) is 9.99. The van der Waals surface area contributed by atoms with E-state index in [4.69, 9.17) is 0 Å². The summed E-state index contributed by atoms with van der Waals surface area (Å²) in [6.45, 7) is 3.41. The Balaban J connectivity index is 2.53. The van der Waals surface area contributed by atoms with E-state index < -0.39 is 22.9 Å². The van der Waals surface area contributed by atoms with Gasteiger partial charge in [0.15, 0.2) is 5.65 Å².